The van der Waals surface area contributed by atoms with E-state index in [1.165, 1.54) is 18.3 Å². The van der Waals surface area contributed by atoms with Gasteiger partial charge in [-0.1, -0.05) is 30.3 Å². The molecule has 13 heteroatoms. The van der Waals surface area contributed by atoms with Crippen LogP contribution in [-0.2, 0) is 32.4 Å². The highest BCUT2D eigenvalue weighted by Crippen LogP contribution is 2.33. The van der Waals surface area contributed by atoms with Crippen LogP contribution < -0.4 is 21.1 Å². The van der Waals surface area contributed by atoms with Gasteiger partial charge in [-0.05, 0) is 93.1 Å². The minimum Gasteiger partial charge on any atom is -0.444 e. The summed E-state index contributed by atoms with van der Waals surface area (Å²) < 4.78 is 49.7. The first kappa shape index (κ1) is 36.0. The van der Waals surface area contributed by atoms with Gasteiger partial charge in [0.05, 0.1) is 4.90 Å². The standard InChI is InChI=1S/C37H40FN5O6S/c1-37(2,3)49-36(46)41-15-5-4-9-28(44)18-23-7-6-8-27(17-23)43-50(47,48)29-11-13-30(33(38)21-29)26-20-32(34(39)42-22-26)24-10-12-31-25(19-24)14-16-40-35(31)45/h6-8,10-13,17,19-22,43H,4-5,9,14-16,18H2,1-3H3,(H2,39,42)(H,40,45)(H,41,46). The maximum atomic E-state index is 15.5. The van der Waals surface area contributed by atoms with E-state index in [9.17, 15) is 22.8 Å². The highest BCUT2D eigenvalue weighted by molar-refractivity contribution is 7.92. The highest BCUT2D eigenvalue weighted by atomic mass is 32.2. The summed E-state index contributed by atoms with van der Waals surface area (Å²) >= 11 is 0. The third-order valence-electron chi connectivity index (χ3n) is 7.95. The maximum Gasteiger partial charge on any atom is 0.407 e. The Bertz CT molecular complexity index is 2040. The number of hydrogen-bond acceptors (Lipinski definition) is 8. The van der Waals surface area contributed by atoms with E-state index >= 15 is 4.39 Å². The number of ketones is 1. The lowest BCUT2D eigenvalue weighted by atomic mass is 9.94. The van der Waals surface area contributed by atoms with Crippen LogP contribution in [0, 0.1) is 5.82 Å². The van der Waals surface area contributed by atoms with Gasteiger partial charge in [0.15, 0.2) is 0 Å². The van der Waals surface area contributed by atoms with Gasteiger partial charge in [0.2, 0.25) is 0 Å². The fourth-order valence-corrected chi connectivity index (χ4v) is 6.63. The number of sulfonamides is 1. The van der Waals surface area contributed by atoms with E-state index in [1.807, 2.05) is 6.07 Å². The third kappa shape index (κ3) is 9.23. The molecular formula is C37H40FN5O6S. The van der Waals surface area contributed by atoms with E-state index in [2.05, 4.69) is 20.3 Å². The number of aromatic nitrogens is 1. The number of nitrogen functional groups attached to an aromatic ring is 1. The van der Waals surface area contributed by atoms with Crippen molar-refractivity contribution >= 4 is 39.3 Å². The second kappa shape index (κ2) is 15.1. The number of amides is 2. The van der Waals surface area contributed by atoms with Gasteiger partial charge in [0.25, 0.3) is 15.9 Å². The van der Waals surface area contributed by atoms with Crippen molar-refractivity contribution < 1.29 is 31.9 Å². The second-order valence-corrected chi connectivity index (χ2v) is 14.8. The van der Waals surface area contributed by atoms with E-state index in [0.29, 0.717) is 61.0 Å². The lowest BCUT2D eigenvalue weighted by Crippen LogP contribution is -2.33. The topological polar surface area (TPSA) is 170 Å². The van der Waals surface area contributed by atoms with Crippen molar-refractivity contribution in [2.75, 3.05) is 23.5 Å². The molecule has 0 aliphatic carbocycles. The molecule has 3 aromatic carbocycles. The summed E-state index contributed by atoms with van der Waals surface area (Å²) in [4.78, 5) is 40.4. The Morgan fingerprint density at radius 3 is 2.52 bits per heavy atom. The van der Waals surface area contributed by atoms with Gasteiger partial charge in [-0.25, -0.2) is 22.6 Å². The molecule has 4 aromatic rings. The average molecular weight is 702 g/mol. The van der Waals surface area contributed by atoms with Gasteiger partial charge in [0.1, 0.15) is 23.0 Å². The molecule has 0 bridgehead atoms. The van der Waals surface area contributed by atoms with Crippen LogP contribution in [0.5, 0.6) is 0 Å². The number of halogens is 1. The van der Waals surface area contributed by atoms with E-state index in [4.69, 9.17) is 10.5 Å². The molecule has 1 aromatic heterocycles. The number of alkyl carbamates (subject to hydrolysis) is 1. The van der Waals surface area contributed by atoms with Crippen molar-refractivity contribution in [3.05, 3.63) is 95.4 Å². The molecule has 2 heterocycles. The molecule has 0 spiro atoms. The monoisotopic (exact) mass is 701 g/mol. The average Bonchev–Trinajstić information content (AvgIpc) is 3.04. The van der Waals surface area contributed by atoms with E-state index in [0.717, 1.165) is 17.2 Å². The largest absolute Gasteiger partial charge is 0.444 e. The number of hydrogen-bond donors (Lipinski definition) is 4. The van der Waals surface area contributed by atoms with Gasteiger partial charge >= 0.3 is 6.09 Å². The summed E-state index contributed by atoms with van der Waals surface area (Å²) in [5, 5.41) is 5.47. The minimum absolute atomic E-state index is 0.0284. The quantitative estimate of drug-likeness (QED) is 0.130. The van der Waals surface area contributed by atoms with Gasteiger partial charge in [-0.3, -0.25) is 14.3 Å². The molecular weight excluding hydrogens is 662 g/mol. The molecule has 262 valence electrons. The predicted octanol–water partition coefficient (Wildman–Crippen LogP) is 6.03. The van der Waals surface area contributed by atoms with Crippen LogP contribution in [0.1, 0.15) is 61.5 Å². The van der Waals surface area contributed by atoms with Crippen LogP contribution in [0.2, 0.25) is 0 Å². The number of carbonyl (C=O) groups excluding carboxylic acids is 3. The normalized spacial score (nSPS) is 12.8. The summed E-state index contributed by atoms with van der Waals surface area (Å²) in [7, 11) is -4.18. The number of fused-ring (bicyclic) bond motifs is 1. The minimum atomic E-state index is -4.18. The van der Waals surface area contributed by atoms with Crippen molar-refractivity contribution in [3.63, 3.8) is 0 Å². The third-order valence-corrected chi connectivity index (χ3v) is 9.33. The van der Waals surface area contributed by atoms with Crippen LogP contribution in [0.25, 0.3) is 22.3 Å². The van der Waals surface area contributed by atoms with Gasteiger partial charge < -0.3 is 21.1 Å². The van der Waals surface area contributed by atoms with Crippen LogP contribution in [0.3, 0.4) is 0 Å². The first-order chi connectivity index (χ1) is 23.7. The van der Waals surface area contributed by atoms with Crippen molar-refractivity contribution in [3.8, 4) is 22.3 Å². The zero-order chi connectivity index (χ0) is 36.1. The Labute approximate surface area is 290 Å². The van der Waals surface area contributed by atoms with Gasteiger partial charge in [-0.2, -0.15) is 0 Å². The van der Waals surface area contributed by atoms with Crippen LogP contribution >= 0.6 is 0 Å². The Kier molecular flexibility index (Phi) is 10.9. The fraction of sp³-hybridized carbons (Fsp3) is 0.297. The number of unbranched alkanes of at least 4 members (excludes halogenated alkanes) is 1. The molecule has 0 unspecified atom stereocenters. The fourth-order valence-electron chi connectivity index (χ4n) is 5.57. The van der Waals surface area contributed by atoms with E-state index in [-0.39, 0.29) is 40.1 Å². The molecule has 0 radical (unpaired) electrons. The zero-order valence-electron chi connectivity index (χ0n) is 28.1. The van der Waals surface area contributed by atoms with E-state index < -0.39 is 27.5 Å². The number of anilines is 2. The molecule has 1 aliphatic rings. The molecule has 0 saturated heterocycles. The molecule has 1 aliphatic heterocycles. The van der Waals surface area contributed by atoms with Crippen molar-refractivity contribution in [1.82, 2.24) is 15.6 Å². The summed E-state index contributed by atoms with van der Waals surface area (Å²) in [6.45, 7) is 6.25. The lowest BCUT2D eigenvalue weighted by Gasteiger charge is -2.19. The number of rotatable bonds is 12. The van der Waals surface area contributed by atoms with Crippen molar-refractivity contribution in [2.24, 2.45) is 0 Å². The second-order valence-electron chi connectivity index (χ2n) is 13.1. The number of carbonyl (C=O) groups is 3. The first-order valence-corrected chi connectivity index (χ1v) is 17.7. The molecule has 2 amide bonds. The summed E-state index contributed by atoms with van der Waals surface area (Å²) in [6, 6.07) is 17.1. The Morgan fingerprint density at radius 2 is 1.76 bits per heavy atom. The van der Waals surface area contributed by atoms with Crippen molar-refractivity contribution in [1.29, 1.82) is 0 Å². The number of pyridine rings is 1. The smallest absolute Gasteiger partial charge is 0.407 e. The number of benzene rings is 3. The molecule has 0 saturated carbocycles. The van der Waals surface area contributed by atoms with E-state index in [1.54, 1.807) is 63.2 Å². The Balaban J connectivity index is 1.21. The van der Waals surface area contributed by atoms with Crippen LogP contribution in [0.4, 0.5) is 20.7 Å². The first-order valence-electron chi connectivity index (χ1n) is 16.3. The molecule has 11 nitrogen and oxygen atoms in total. The van der Waals surface area contributed by atoms with Gasteiger partial charge in [-0.15, -0.1) is 0 Å². The Morgan fingerprint density at radius 1 is 0.980 bits per heavy atom. The predicted molar refractivity (Wildman–Crippen MR) is 190 cm³/mol. The zero-order valence-corrected chi connectivity index (χ0v) is 29.0. The maximum absolute atomic E-state index is 15.5. The molecule has 50 heavy (non-hydrogen) atoms. The van der Waals surface area contributed by atoms with Gasteiger partial charge in [0, 0.05) is 60.1 Å². The van der Waals surface area contributed by atoms with Crippen LogP contribution in [0.15, 0.2) is 77.8 Å². The number of ether oxygens (including phenoxy) is 1. The summed E-state index contributed by atoms with van der Waals surface area (Å²) in [5.74, 6) is -0.705. The molecule has 5 N–H and O–H groups in total. The molecule has 5 rings (SSSR count). The number of nitrogens with one attached hydrogen (secondary N) is 3. The summed E-state index contributed by atoms with van der Waals surface area (Å²) in [5.41, 5.74) is 9.75. The molecule has 0 fully saturated rings. The summed E-state index contributed by atoms with van der Waals surface area (Å²) in [6.07, 6.45) is 3.17. The molecule has 0 atom stereocenters. The highest BCUT2D eigenvalue weighted by Gasteiger charge is 2.21. The number of Topliss-reactive ketones (excluding diaryl/α,β-unsaturated/α-hetero) is 1. The SMILES string of the molecule is CC(C)(C)OC(=O)NCCCCC(=O)Cc1cccc(NS(=O)(=O)c2ccc(-c3cnc(N)c(-c4ccc5c(c4)CCNC5=O)c3)c(F)c2)c1. The number of nitrogens with two attached hydrogens (primary N) is 1. The Hall–Kier alpha value is -5.30. The number of nitrogens with zero attached hydrogens (tertiary/aromatic N) is 1. The van der Waals surface area contributed by atoms with Crippen molar-refractivity contribution in [2.45, 2.75) is 63.4 Å². The lowest BCUT2D eigenvalue weighted by molar-refractivity contribution is -0.118. The van der Waals surface area contributed by atoms with Crippen LogP contribution in [-0.4, -0.2) is 49.9 Å².